The molecule has 2 atom stereocenters. The second-order valence-corrected chi connectivity index (χ2v) is 5.76. The molecule has 1 heterocycles. The highest BCUT2D eigenvalue weighted by atomic mass is 79.9. The number of carbonyl (C=O) groups is 1. The second kappa shape index (κ2) is 6.56. The van der Waals surface area contributed by atoms with Crippen LogP contribution in [-0.4, -0.2) is 38.8 Å². The van der Waals surface area contributed by atoms with Crippen LogP contribution in [0, 0.1) is 6.92 Å². The zero-order valence-electron chi connectivity index (χ0n) is 11.8. The SMILES string of the molecule is COc1cc(Br)cc(C)c1NC(=O)C1CC(OC)CN1. The first-order valence-electron chi connectivity index (χ1n) is 6.46. The van der Waals surface area contributed by atoms with Crippen molar-refractivity contribution in [3.8, 4) is 5.75 Å². The third-order valence-corrected chi connectivity index (χ3v) is 3.93. The molecule has 1 aliphatic rings. The van der Waals surface area contributed by atoms with Crippen molar-refractivity contribution >= 4 is 27.5 Å². The molecule has 0 aliphatic carbocycles. The molecule has 2 unspecified atom stereocenters. The van der Waals surface area contributed by atoms with Gasteiger partial charge in [0, 0.05) is 18.1 Å². The summed E-state index contributed by atoms with van der Waals surface area (Å²) in [5, 5.41) is 6.10. The molecular formula is C14H19BrN2O3. The standard InChI is InChI=1S/C14H19BrN2O3/c1-8-4-9(15)5-12(20-3)13(8)17-14(18)11-6-10(19-2)7-16-11/h4-5,10-11,16H,6-7H2,1-3H3,(H,17,18). The minimum atomic E-state index is -0.229. The van der Waals surface area contributed by atoms with Gasteiger partial charge in [-0.3, -0.25) is 4.79 Å². The average Bonchev–Trinajstić information content (AvgIpc) is 2.90. The summed E-state index contributed by atoms with van der Waals surface area (Å²) in [6, 6.07) is 3.55. The van der Waals surface area contributed by atoms with Gasteiger partial charge in [-0.15, -0.1) is 0 Å². The minimum absolute atomic E-state index is 0.0618. The van der Waals surface area contributed by atoms with Crippen LogP contribution < -0.4 is 15.4 Å². The van der Waals surface area contributed by atoms with Crippen LogP contribution in [0.5, 0.6) is 5.75 Å². The number of carbonyl (C=O) groups excluding carboxylic acids is 1. The number of amides is 1. The van der Waals surface area contributed by atoms with Gasteiger partial charge in [0.15, 0.2) is 0 Å². The first-order valence-corrected chi connectivity index (χ1v) is 7.25. The Morgan fingerprint density at radius 2 is 2.20 bits per heavy atom. The molecule has 0 bridgehead atoms. The molecule has 1 aromatic rings. The number of benzene rings is 1. The molecule has 1 aromatic carbocycles. The topological polar surface area (TPSA) is 59.6 Å². The number of methoxy groups -OCH3 is 2. The molecule has 2 N–H and O–H groups in total. The molecule has 0 aromatic heterocycles. The van der Waals surface area contributed by atoms with E-state index in [1.54, 1.807) is 14.2 Å². The van der Waals surface area contributed by atoms with E-state index in [9.17, 15) is 4.79 Å². The predicted octanol–water partition coefficient (Wildman–Crippen LogP) is 2.08. The van der Waals surface area contributed by atoms with Crippen LogP contribution in [0.1, 0.15) is 12.0 Å². The van der Waals surface area contributed by atoms with Crippen LogP contribution in [0.4, 0.5) is 5.69 Å². The van der Waals surface area contributed by atoms with Crippen LogP contribution in [0.15, 0.2) is 16.6 Å². The van der Waals surface area contributed by atoms with Crippen LogP contribution in [-0.2, 0) is 9.53 Å². The lowest BCUT2D eigenvalue weighted by Crippen LogP contribution is -2.35. The monoisotopic (exact) mass is 342 g/mol. The van der Waals surface area contributed by atoms with Gasteiger partial charge in [0.1, 0.15) is 5.75 Å². The summed E-state index contributed by atoms with van der Waals surface area (Å²) in [5.41, 5.74) is 1.66. The molecule has 1 aliphatic heterocycles. The van der Waals surface area contributed by atoms with E-state index in [0.29, 0.717) is 24.4 Å². The number of hydrogen-bond donors (Lipinski definition) is 2. The summed E-state index contributed by atoms with van der Waals surface area (Å²) in [4.78, 5) is 12.3. The maximum absolute atomic E-state index is 12.3. The van der Waals surface area contributed by atoms with Crippen LogP contribution in [0.3, 0.4) is 0 Å². The molecule has 0 saturated carbocycles. The van der Waals surface area contributed by atoms with Crippen LogP contribution in [0.2, 0.25) is 0 Å². The Hall–Kier alpha value is -1.11. The molecule has 6 heteroatoms. The van der Waals surface area contributed by atoms with Crippen molar-refractivity contribution in [2.45, 2.75) is 25.5 Å². The van der Waals surface area contributed by atoms with Gasteiger partial charge in [0.2, 0.25) is 5.91 Å². The molecule has 0 spiro atoms. The number of anilines is 1. The van der Waals surface area contributed by atoms with Crippen molar-refractivity contribution in [1.29, 1.82) is 0 Å². The van der Waals surface area contributed by atoms with E-state index in [1.165, 1.54) is 0 Å². The molecule has 1 fully saturated rings. The second-order valence-electron chi connectivity index (χ2n) is 4.84. The van der Waals surface area contributed by atoms with Crippen LogP contribution >= 0.6 is 15.9 Å². The van der Waals surface area contributed by atoms with E-state index in [-0.39, 0.29) is 18.1 Å². The first-order chi connectivity index (χ1) is 9.55. The summed E-state index contributed by atoms with van der Waals surface area (Å²) in [7, 11) is 3.25. The molecule has 0 radical (unpaired) electrons. The number of nitrogens with one attached hydrogen (secondary N) is 2. The summed E-state index contributed by atoms with van der Waals surface area (Å²) in [6.45, 7) is 2.63. The van der Waals surface area contributed by atoms with Gasteiger partial charge >= 0.3 is 0 Å². The van der Waals surface area contributed by atoms with E-state index >= 15 is 0 Å². The van der Waals surface area contributed by atoms with E-state index in [0.717, 1.165) is 10.0 Å². The highest BCUT2D eigenvalue weighted by molar-refractivity contribution is 9.10. The lowest BCUT2D eigenvalue weighted by molar-refractivity contribution is -0.118. The summed E-state index contributed by atoms with van der Waals surface area (Å²) in [6.07, 6.45) is 0.777. The van der Waals surface area contributed by atoms with Gasteiger partial charge in [-0.05, 0) is 31.0 Å². The summed E-state index contributed by atoms with van der Waals surface area (Å²) in [5.74, 6) is 0.583. The number of hydrogen-bond acceptors (Lipinski definition) is 4. The fourth-order valence-electron chi connectivity index (χ4n) is 2.33. The van der Waals surface area contributed by atoms with Gasteiger partial charge in [0.25, 0.3) is 0 Å². The van der Waals surface area contributed by atoms with Crippen molar-refractivity contribution < 1.29 is 14.3 Å². The molecule has 1 saturated heterocycles. The normalized spacial score (nSPS) is 21.8. The Morgan fingerprint density at radius 3 is 2.80 bits per heavy atom. The predicted molar refractivity (Wildman–Crippen MR) is 81.3 cm³/mol. The average molecular weight is 343 g/mol. The highest BCUT2D eigenvalue weighted by Crippen LogP contribution is 2.32. The summed E-state index contributed by atoms with van der Waals surface area (Å²) >= 11 is 3.42. The smallest absolute Gasteiger partial charge is 0.241 e. The Morgan fingerprint density at radius 1 is 1.45 bits per heavy atom. The lowest BCUT2D eigenvalue weighted by Gasteiger charge is -2.16. The van der Waals surface area contributed by atoms with Gasteiger partial charge in [-0.25, -0.2) is 0 Å². The molecule has 20 heavy (non-hydrogen) atoms. The molecular weight excluding hydrogens is 324 g/mol. The fraction of sp³-hybridized carbons (Fsp3) is 0.500. The Labute approximate surface area is 127 Å². The number of ether oxygens (including phenoxy) is 2. The van der Waals surface area contributed by atoms with E-state index in [4.69, 9.17) is 9.47 Å². The third-order valence-electron chi connectivity index (χ3n) is 3.47. The zero-order valence-corrected chi connectivity index (χ0v) is 13.4. The van der Waals surface area contributed by atoms with E-state index in [2.05, 4.69) is 26.6 Å². The van der Waals surface area contributed by atoms with Crippen molar-refractivity contribution in [2.75, 3.05) is 26.1 Å². The number of aryl methyl sites for hydroxylation is 1. The Balaban J connectivity index is 2.12. The quantitative estimate of drug-likeness (QED) is 0.879. The van der Waals surface area contributed by atoms with Crippen LogP contribution in [0.25, 0.3) is 0 Å². The van der Waals surface area contributed by atoms with Gasteiger partial charge in [-0.2, -0.15) is 0 Å². The van der Waals surface area contributed by atoms with Gasteiger partial charge in [-0.1, -0.05) is 15.9 Å². The molecule has 5 nitrogen and oxygen atoms in total. The lowest BCUT2D eigenvalue weighted by atomic mass is 10.1. The van der Waals surface area contributed by atoms with Gasteiger partial charge < -0.3 is 20.1 Å². The molecule has 110 valence electrons. The largest absolute Gasteiger partial charge is 0.495 e. The first kappa shape index (κ1) is 15.3. The van der Waals surface area contributed by atoms with Gasteiger partial charge in [0.05, 0.1) is 24.9 Å². The molecule has 1 amide bonds. The maximum Gasteiger partial charge on any atom is 0.241 e. The van der Waals surface area contributed by atoms with Crippen molar-refractivity contribution in [1.82, 2.24) is 5.32 Å². The molecule has 2 rings (SSSR count). The van der Waals surface area contributed by atoms with Crippen molar-refractivity contribution in [3.63, 3.8) is 0 Å². The Kier molecular flexibility index (Phi) is 5.01. The number of halogens is 1. The van der Waals surface area contributed by atoms with E-state index in [1.807, 2.05) is 19.1 Å². The minimum Gasteiger partial charge on any atom is -0.495 e. The maximum atomic E-state index is 12.3. The highest BCUT2D eigenvalue weighted by Gasteiger charge is 2.30. The van der Waals surface area contributed by atoms with Crippen molar-refractivity contribution in [2.24, 2.45) is 0 Å². The third kappa shape index (κ3) is 3.31. The fourth-order valence-corrected chi connectivity index (χ4v) is 2.88. The van der Waals surface area contributed by atoms with E-state index < -0.39 is 0 Å². The summed E-state index contributed by atoms with van der Waals surface area (Å²) < 4.78 is 11.5. The Bertz CT molecular complexity index is 507. The number of rotatable bonds is 4. The van der Waals surface area contributed by atoms with Crippen molar-refractivity contribution in [3.05, 3.63) is 22.2 Å². The zero-order chi connectivity index (χ0) is 14.7.